The van der Waals surface area contributed by atoms with Gasteiger partial charge in [0, 0.05) is 18.0 Å². The number of hydrogen-bond acceptors (Lipinski definition) is 2. The van der Waals surface area contributed by atoms with Crippen LogP contribution in [-0.2, 0) is 5.41 Å². The lowest BCUT2D eigenvalue weighted by atomic mass is 9.92. The number of benzene rings is 1. The molecule has 2 fully saturated rings. The van der Waals surface area contributed by atoms with Gasteiger partial charge in [-0.15, -0.1) is 0 Å². The van der Waals surface area contributed by atoms with Crippen molar-refractivity contribution < 1.29 is 4.74 Å². The number of methoxy groups -OCH3 is 1. The zero-order valence-electron chi connectivity index (χ0n) is 11.4. The lowest BCUT2D eigenvalue weighted by molar-refractivity contribution is 0.414. The Labute approximate surface area is 110 Å². The van der Waals surface area contributed by atoms with Crippen LogP contribution in [0.2, 0.25) is 0 Å². The quantitative estimate of drug-likeness (QED) is 0.831. The second kappa shape index (κ2) is 4.58. The molecule has 0 heterocycles. The van der Waals surface area contributed by atoms with Gasteiger partial charge in [0.2, 0.25) is 0 Å². The highest BCUT2D eigenvalue weighted by atomic mass is 16.5. The van der Waals surface area contributed by atoms with E-state index in [1.165, 1.54) is 31.2 Å². The van der Waals surface area contributed by atoms with E-state index in [1.54, 1.807) is 7.11 Å². The summed E-state index contributed by atoms with van der Waals surface area (Å²) in [5.41, 5.74) is 1.90. The molecule has 0 saturated heterocycles. The van der Waals surface area contributed by atoms with Crippen LogP contribution in [0.15, 0.2) is 24.3 Å². The summed E-state index contributed by atoms with van der Waals surface area (Å²) in [4.78, 5) is 0. The van der Waals surface area contributed by atoms with Crippen molar-refractivity contribution in [2.45, 2.75) is 44.1 Å². The van der Waals surface area contributed by atoms with Crippen molar-refractivity contribution in [1.29, 1.82) is 0 Å². The molecular formula is C16H23NO. The van der Waals surface area contributed by atoms with Crippen LogP contribution in [0, 0.1) is 5.92 Å². The van der Waals surface area contributed by atoms with E-state index >= 15 is 0 Å². The van der Waals surface area contributed by atoms with Crippen molar-refractivity contribution in [2.24, 2.45) is 5.92 Å². The van der Waals surface area contributed by atoms with Crippen LogP contribution >= 0.6 is 0 Å². The molecule has 0 spiro atoms. The Morgan fingerprint density at radius 2 is 2.00 bits per heavy atom. The Morgan fingerprint density at radius 1 is 1.28 bits per heavy atom. The molecule has 0 aliphatic heterocycles. The van der Waals surface area contributed by atoms with E-state index in [-0.39, 0.29) is 0 Å². The number of rotatable bonds is 6. The topological polar surface area (TPSA) is 21.3 Å². The first kappa shape index (κ1) is 12.0. The van der Waals surface area contributed by atoms with Crippen LogP contribution < -0.4 is 10.1 Å². The van der Waals surface area contributed by atoms with Gasteiger partial charge in [-0.2, -0.15) is 0 Å². The molecule has 0 aromatic heterocycles. The van der Waals surface area contributed by atoms with Gasteiger partial charge in [-0.05, 0) is 42.9 Å². The van der Waals surface area contributed by atoms with Crippen LogP contribution in [0.4, 0.5) is 0 Å². The highest BCUT2D eigenvalue weighted by Crippen LogP contribution is 2.56. The summed E-state index contributed by atoms with van der Waals surface area (Å²) >= 11 is 0. The predicted octanol–water partition coefficient (Wildman–Crippen LogP) is 3.11. The molecule has 3 rings (SSSR count). The Hall–Kier alpha value is -1.02. The average molecular weight is 245 g/mol. The largest absolute Gasteiger partial charge is 0.497 e. The molecule has 1 N–H and O–H groups in total. The van der Waals surface area contributed by atoms with Gasteiger partial charge in [0.05, 0.1) is 7.11 Å². The standard InChI is InChI=1S/C16H23NO/c1-3-12-10-16(12,11-17-14-6-7-14)13-4-8-15(18-2)9-5-13/h4-5,8-9,12,14,17H,3,6-7,10-11H2,1-2H3. The van der Waals surface area contributed by atoms with Gasteiger partial charge < -0.3 is 10.1 Å². The van der Waals surface area contributed by atoms with E-state index in [2.05, 4.69) is 36.5 Å². The Balaban J connectivity index is 1.75. The first-order valence-corrected chi connectivity index (χ1v) is 7.16. The fourth-order valence-electron chi connectivity index (χ4n) is 3.12. The second-order valence-corrected chi connectivity index (χ2v) is 5.85. The fraction of sp³-hybridized carbons (Fsp3) is 0.625. The summed E-state index contributed by atoms with van der Waals surface area (Å²) in [6.07, 6.45) is 5.37. The van der Waals surface area contributed by atoms with Crippen LogP contribution in [0.3, 0.4) is 0 Å². The van der Waals surface area contributed by atoms with Crippen molar-refractivity contribution >= 4 is 0 Å². The Morgan fingerprint density at radius 3 is 2.50 bits per heavy atom. The van der Waals surface area contributed by atoms with E-state index in [9.17, 15) is 0 Å². The third-order valence-electron chi connectivity index (χ3n) is 4.67. The lowest BCUT2D eigenvalue weighted by Gasteiger charge is -2.19. The highest BCUT2D eigenvalue weighted by Gasteiger charge is 2.53. The van der Waals surface area contributed by atoms with Crippen LogP contribution in [0.5, 0.6) is 5.75 Å². The van der Waals surface area contributed by atoms with Crippen molar-refractivity contribution in [3.05, 3.63) is 29.8 Å². The van der Waals surface area contributed by atoms with Crippen LogP contribution in [-0.4, -0.2) is 19.7 Å². The molecule has 2 aliphatic carbocycles. The third kappa shape index (κ3) is 2.14. The molecule has 2 aliphatic rings. The SMILES string of the molecule is CCC1CC1(CNC1CC1)c1ccc(OC)cc1. The molecule has 2 saturated carbocycles. The molecule has 0 amide bonds. The van der Waals surface area contributed by atoms with Gasteiger partial charge in [0.15, 0.2) is 0 Å². The highest BCUT2D eigenvalue weighted by molar-refractivity contribution is 5.38. The molecule has 2 unspecified atom stereocenters. The first-order valence-electron chi connectivity index (χ1n) is 7.16. The summed E-state index contributed by atoms with van der Waals surface area (Å²) in [5.74, 6) is 1.81. The van der Waals surface area contributed by atoms with Gasteiger partial charge in [-0.1, -0.05) is 25.5 Å². The van der Waals surface area contributed by atoms with Gasteiger partial charge in [-0.3, -0.25) is 0 Å². The van der Waals surface area contributed by atoms with Gasteiger partial charge in [0.25, 0.3) is 0 Å². The molecule has 18 heavy (non-hydrogen) atoms. The maximum atomic E-state index is 5.25. The minimum absolute atomic E-state index is 0.406. The molecule has 2 heteroatoms. The smallest absolute Gasteiger partial charge is 0.118 e. The molecule has 0 bridgehead atoms. The first-order chi connectivity index (χ1) is 8.78. The summed E-state index contributed by atoms with van der Waals surface area (Å²) in [6, 6.07) is 9.50. The van der Waals surface area contributed by atoms with E-state index < -0.39 is 0 Å². The van der Waals surface area contributed by atoms with Crippen molar-refractivity contribution in [3.8, 4) is 5.75 Å². The van der Waals surface area contributed by atoms with Crippen molar-refractivity contribution in [3.63, 3.8) is 0 Å². The van der Waals surface area contributed by atoms with E-state index in [0.29, 0.717) is 5.41 Å². The van der Waals surface area contributed by atoms with Crippen LogP contribution in [0.1, 0.15) is 38.2 Å². The lowest BCUT2D eigenvalue weighted by Crippen LogP contribution is -2.30. The van der Waals surface area contributed by atoms with Gasteiger partial charge >= 0.3 is 0 Å². The number of ether oxygens (including phenoxy) is 1. The normalized spacial score (nSPS) is 30.2. The third-order valence-corrected chi connectivity index (χ3v) is 4.67. The molecular weight excluding hydrogens is 222 g/mol. The molecule has 2 nitrogen and oxygen atoms in total. The van der Waals surface area contributed by atoms with Gasteiger partial charge in [0.1, 0.15) is 5.75 Å². The van der Waals surface area contributed by atoms with E-state index in [1.807, 2.05) is 0 Å². The predicted molar refractivity (Wildman–Crippen MR) is 74.1 cm³/mol. The van der Waals surface area contributed by atoms with Crippen molar-refractivity contribution in [1.82, 2.24) is 5.32 Å². The fourth-order valence-corrected chi connectivity index (χ4v) is 3.12. The molecule has 0 radical (unpaired) electrons. The maximum absolute atomic E-state index is 5.25. The van der Waals surface area contributed by atoms with E-state index in [0.717, 1.165) is 24.3 Å². The molecule has 1 aromatic carbocycles. The molecule has 1 aromatic rings. The zero-order valence-corrected chi connectivity index (χ0v) is 11.4. The minimum atomic E-state index is 0.406. The minimum Gasteiger partial charge on any atom is -0.497 e. The Kier molecular flexibility index (Phi) is 3.06. The Bertz CT molecular complexity index is 410. The van der Waals surface area contributed by atoms with Gasteiger partial charge in [-0.25, -0.2) is 0 Å². The van der Waals surface area contributed by atoms with Crippen molar-refractivity contribution in [2.75, 3.05) is 13.7 Å². The number of nitrogens with one attached hydrogen (secondary N) is 1. The summed E-state index contributed by atoms with van der Waals surface area (Å²) in [7, 11) is 1.73. The number of hydrogen-bond donors (Lipinski definition) is 1. The average Bonchev–Trinajstić information content (AvgIpc) is 3.31. The van der Waals surface area contributed by atoms with E-state index in [4.69, 9.17) is 4.74 Å². The molecule has 98 valence electrons. The second-order valence-electron chi connectivity index (χ2n) is 5.85. The van der Waals surface area contributed by atoms with Crippen LogP contribution in [0.25, 0.3) is 0 Å². The monoisotopic (exact) mass is 245 g/mol. The molecule has 2 atom stereocenters. The summed E-state index contributed by atoms with van der Waals surface area (Å²) in [6.45, 7) is 3.47. The summed E-state index contributed by atoms with van der Waals surface area (Å²) < 4.78 is 5.25. The summed E-state index contributed by atoms with van der Waals surface area (Å²) in [5, 5.41) is 3.72. The zero-order chi connectivity index (χ0) is 12.6. The maximum Gasteiger partial charge on any atom is 0.118 e.